The van der Waals surface area contributed by atoms with Crippen molar-refractivity contribution in [1.29, 1.82) is 0 Å². The van der Waals surface area contributed by atoms with E-state index in [9.17, 15) is 8.42 Å². The molecule has 1 rings (SSSR count). The van der Waals surface area contributed by atoms with Crippen molar-refractivity contribution in [2.45, 2.75) is 46.0 Å². The third-order valence-electron chi connectivity index (χ3n) is 3.19. The van der Waals surface area contributed by atoms with Crippen LogP contribution in [0, 0.1) is 11.8 Å². The van der Waals surface area contributed by atoms with Gasteiger partial charge in [-0.25, -0.2) is 8.42 Å². The lowest BCUT2D eigenvalue weighted by Gasteiger charge is -2.24. The van der Waals surface area contributed by atoms with E-state index in [1.54, 1.807) is 0 Å². The highest BCUT2D eigenvalue weighted by Gasteiger charge is 2.24. The van der Waals surface area contributed by atoms with E-state index in [-0.39, 0.29) is 0 Å². The normalized spacial score (nSPS) is 24.7. The molecule has 1 fully saturated rings. The van der Waals surface area contributed by atoms with Crippen LogP contribution in [0.25, 0.3) is 0 Å². The predicted molar refractivity (Wildman–Crippen MR) is 60.1 cm³/mol. The Labute approximate surface area is 88.0 Å². The molecule has 14 heavy (non-hydrogen) atoms. The second kappa shape index (κ2) is 5.15. The van der Waals surface area contributed by atoms with E-state index >= 15 is 0 Å². The lowest BCUT2D eigenvalue weighted by atomic mass is 9.89. The van der Waals surface area contributed by atoms with Gasteiger partial charge in [0, 0.05) is 0 Å². The summed E-state index contributed by atoms with van der Waals surface area (Å²) in [6.07, 6.45) is 5.55. The number of hydrogen-bond donors (Lipinski definition) is 0. The molecule has 1 unspecified atom stereocenters. The zero-order valence-electron chi connectivity index (χ0n) is 9.33. The first-order chi connectivity index (χ1) is 6.53. The quantitative estimate of drug-likeness (QED) is 0.727. The summed E-state index contributed by atoms with van der Waals surface area (Å²) in [4.78, 5) is 0. The minimum atomic E-state index is -2.66. The Morgan fingerprint density at radius 3 is 2.36 bits per heavy atom. The van der Waals surface area contributed by atoms with Gasteiger partial charge in [0.1, 0.15) is 9.84 Å². The second-order valence-electron chi connectivity index (χ2n) is 4.72. The smallest absolute Gasteiger partial charge is 0.150 e. The van der Waals surface area contributed by atoms with E-state index in [2.05, 4.69) is 13.8 Å². The maximum absolute atomic E-state index is 11.2. The third-order valence-corrected chi connectivity index (χ3v) is 4.91. The highest BCUT2D eigenvalue weighted by Crippen LogP contribution is 2.26. The van der Waals surface area contributed by atoms with Gasteiger partial charge in [0.2, 0.25) is 0 Å². The van der Waals surface area contributed by atoms with E-state index in [1.807, 2.05) is 0 Å². The molecule has 2 nitrogen and oxygen atoms in total. The molecule has 0 spiro atoms. The standard InChI is InChI=1S/C11H22O2S/c1-3-4-10(2)9-11-5-7-14(12,13)8-6-11/h10-11H,3-9H2,1-2H3. The van der Waals surface area contributed by atoms with Gasteiger partial charge in [0.25, 0.3) is 0 Å². The lowest BCUT2D eigenvalue weighted by Crippen LogP contribution is -2.24. The molecule has 0 aromatic rings. The van der Waals surface area contributed by atoms with Crippen LogP contribution in [0.4, 0.5) is 0 Å². The van der Waals surface area contributed by atoms with Crippen LogP contribution >= 0.6 is 0 Å². The van der Waals surface area contributed by atoms with Crippen molar-refractivity contribution < 1.29 is 8.42 Å². The Bertz CT molecular complexity index is 242. The maximum atomic E-state index is 11.2. The Kier molecular flexibility index (Phi) is 4.42. The van der Waals surface area contributed by atoms with Crippen molar-refractivity contribution in [3.8, 4) is 0 Å². The van der Waals surface area contributed by atoms with Gasteiger partial charge in [-0.3, -0.25) is 0 Å². The summed E-state index contributed by atoms with van der Waals surface area (Å²) in [5.74, 6) is 2.29. The minimum Gasteiger partial charge on any atom is -0.229 e. The molecule has 1 atom stereocenters. The molecule has 0 aromatic heterocycles. The first-order valence-electron chi connectivity index (χ1n) is 5.74. The van der Waals surface area contributed by atoms with Crippen LogP contribution in [0.1, 0.15) is 46.0 Å². The fourth-order valence-corrected chi connectivity index (χ4v) is 3.94. The average molecular weight is 218 g/mol. The first kappa shape index (κ1) is 12.0. The van der Waals surface area contributed by atoms with Crippen LogP contribution in [-0.2, 0) is 9.84 Å². The van der Waals surface area contributed by atoms with Crippen molar-refractivity contribution >= 4 is 9.84 Å². The van der Waals surface area contributed by atoms with Crippen molar-refractivity contribution in [2.24, 2.45) is 11.8 Å². The Hall–Kier alpha value is -0.0500. The molecule has 0 radical (unpaired) electrons. The highest BCUT2D eigenvalue weighted by molar-refractivity contribution is 7.91. The summed E-state index contributed by atoms with van der Waals surface area (Å²) < 4.78 is 22.4. The molecule has 0 aromatic carbocycles. The van der Waals surface area contributed by atoms with Gasteiger partial charge < -0.3 is 0 Å². The molecule has 0 N–H and O–H groups in total. The summed E-state index contributed by atoms with van der Waals surface area (Å²) in [5.41, 5.74) is 0. The summed E-state index contributed by atoms with van der Waals surface area (Å²) >= 11 is 0. The number of hydrogen-bond acceptors (Lipinski definition) is 2. The van der Waals surface area contributed by atoms with Gasteiger partial charge >= 0.3 is 0 Å². The monoisotopic (exact) mass is 218 g/mol. The van der Waals surface area contributed by atoms with Crippen molar-refractivity contribution in [3.63, 3.8) is 0 Å². The maximum Gasteiger partial charge on any atom is 0.150 e. The molecule has 0 saturated carbocycles. The van der Waals surface area contributed by atoms with Crippen LogP contribution in [0.2, 0.25) is 0 Å². The predicted octanol–water partition coefficient (Wildman–Crippen LogP) is 2.64. The van der Waals surface area contributed by atoms with Crippen molar-refractivity contribution in [1.82, 2.24) is 0 Å². The van der Waals surface area contributed by atoms with Crippen LogP contribution in [0.3, 0.4) is 0 Å². The lowest BCUT2D eigenvalue weighted by molar-refractivity contribution is 0.347. The van der Waals surface area contributed by atoms with Crippen LogP contribution < -0.4 is 0 Å². The molecule has 1 aliphatic heterocycles. The van der Waals surface area contributed by atoms with Gasteiger partial charge in [-0.05, 0) is 31.1 Å². The fraction of sp³-hybridized carbons (Fsp3) is 1.00. The van der Waals surface area contributed by atoms with Crippen molar-refractivity contribution in [3.05, 3.63) is 0 Å². The highest BCUT2D eigenvalue weighted by atomic mass is 32.2. The molecule has 0 bridgehead atoms. The van der Waals surface area contributed by atoms with Gasteiger partial charge in [-0.1, -0.05) is 26.7 Å². The van der Waals surface area contributed by atoms with E-state index < -0.39 is 9.84 Å². The molecule has 84 valence electrons. The molecule has 0 aliphatic carbocycles. The minimum absolute atomic E-state index is 0.427. The van der Waals surface area contributed by atoms with Crippen LogP contribution in [0.5, 0.6) is 0 Å². The average Bonchev–Trinajstić information content (AvgIpc) is 2.09. The molecule has 3 heteroatoms. The van der Waals surface area contributed by atoms with E-state index in [1.165, 1.54) is 19.3 Å². The van der Waals surface area contributed by atoms with Crippen molar-refractivity contribution in [2.75, 3.05) is 11.5 Å². The zero-order chi connectivity index (χ0) is 10.6. The summed E-state index contributed by atoms with van der Waals surface area (Å²) in [6.45, 7) is 4.49. The van der Waals surface area contributed by atoms with E-state index in [0.29, 0.717) is 17.4 Å². The fourth-order valence-electron chi connectivity index (χ4n) is 2.35. The third kappa shape index (κ3) is 3.99. The van der Waals surface area contributed by atoms with Gasteiger partial charge in [0.15, 0.2) is 0 Å². The number of rotatable bonds is 4. The Balaban J connectivity index is 2.29. The van der Waals surface area contributed by atoms with Crippen LogP contribution in [0.15, 0.2) is 0 Å². The zero-order valence-corrected chi connectivity index (χ0v) is 10.1. The van der Waals surface area contributed by atoms with E-state index in [4.69, 9.17) is 0 Å². The van der Waals surface area contributed by atoms with E-state index in [0.717, 1.165) is 18.8 Å². The van der Waals surface area contributed by atoms with Gasteiger partial charge in [-0.15, -0.1) is 0 Å². The van der Waals surface area contributed by atoms with Gasteiger partial charge in [-0.2, -0.15) is 0 Å². The van der Waals surface area contributed by atoms with Crippen LogP contribution in [-0.4, -0.2) is 19.9 Å². The Morgan fingerprint density at radius 2 is 1.86 bits per heavy atom. The summed E-state index contributed by atoms with van der Waals surface area (Å²) in [6, 6.07) is 0. The first-order valence-corrected chi connectivity index (χ1v) is 7.56. The topological polar surface area (TPSA) is 34.1 Å². The van der Waals surface area contributed by atoms with Gasteiger partial charge in [0.05, 0.1) is 11.5 Å². The second-order valence-corrected chi connectivity index (χ2v) is 7.03. The SMILES string of the molecule is CCCC(C)CC1CCS(=O)(=O)CC1. The molecular formula is C11H22O2S. The summed E-state index contributed by atoms with van der Waals surface area (Å²) in [5, 5.41) is 0. The summed E-state index contributed by atoms with van der Waals surface area (Å²) in [7, 11) is -2.66. The molecule has 1 saturated heterocycles. The molecule has 1 heterocycles. The molecule has 0 amide bonds. The molecular weight excluding hydrogens is 196 g/mol. The molecule has 1 aliphatic rings. The largest absolute Gasteiger partial charge is 0.229 e. The number of sulfone groups is 1. The Morgan fingerprint density at radius 1 is 1.29 bits per heavy atom.